The van der Waals surface area contributed by atoms with Gasteiger partial charge < -0.3 is 4.74 Å². The molecule has 46 heavy (non-hydrogen) atoms. The van der Waals surface area contributed by atoms with Gasteiger partial charge in [-0.25, -0.2) is 40.7 Å². The van der Waals surface area contributed by atoms with Crippen LogP contribution in [0.5, 0.6) is 5.75 Å². The fourth-order valence-electron chi connectivity index (χ4n) is 4.48. The molecule has 0 aliphatic heterocycles. The minimum absolute atomic E-state index is 0.000826. The van der Waals surface area contributed by atoms with Crippen LogP contribution >= 0.6 is 11.8 Å². The number of thioether (sulfide) groups is 1. The predicted octanol–water partition coefficient (Wildman–Crippen LogP) is 10.5. The number of ether oxygens (including phenoxy) is 1. The highest BCUT2D eigenvalue weighted by molar-refractivity contribution is 7.99. The van der Waals surface area contributed by atoms with Crippen molar-refractivity contribution in [3.8, 4) is 39.4 Å². The summed E-state index contributed by atoms with van der Waals surface area (Å²) in [5.74, 6) is -11.2. The highest BCUT2D eigenvalue weighted by Crippen LogP contribution is 2.39. The monoisotopic (exact) mass is 664 g/mol. The second-order valence-electron chi connectivity index (χ2n) is 9.97. The van der Waals surface area contributed by atoms with E-state index >= 15 is 8.78 Å². The van der Waals surface area contributed by atoms with E-state index in [1.807, 2.05) is 0 Å². The average molecular weight is 665 g/mol. The van der Waals surface area contributed by atoms with Crippen molar-refractivity contribution in [3.05, 3.63) is 119 Å². The molecule has 0 bridgehead atoms. The van der Waals surface area contributed by atoms with Crippen LogP contribution in [0.1, 0.15) is 25.3 Å². The standard InChI is InChI=1S/C33H21F9N2OS/c1-2-3-8-46-21-15-43-32(44-16-21)18-5-7-22(25(35)10-18)17-4-6-23(24(34)9-17)19-11-26(36)30(27(37)12-19)33(41,42)45-20-13-28(38)31(40)29(39)14-20/h4-7,9-16H,2-3,8H2,1H3. The van der Waals surface area contributed by atoms with Gasteiger partial charge in [0.15, 0.2) is 23.3 Å². The maximum atomic E-state index is 15.2. The van der Waals surface area contributed by atoms with Gasteiger partial charge in [-0.2, -0.15) is 8.78 Å². The van der Waals surface area contributed by atoms with Gasteiger partial charge in [0.2, 0.25) is 0 Å². The Balaban J connectivity index is 1.37. The number of rotatable bonds is 10. The Kier molecular flexibility index (Phi) is 9.61. The molecule has 0 fully saturated rings. The van der Waals surface area contributed by atoms with E-state index in [-0.39, 0.29) is 29.1 Å². The summed E-state index contributed by atoms with van der Waals surface area (Å²) in [6.45, 7) is 2.09. The Bertz CT molecular complexity index is 1860. The Morgan fingerprint density at radius 2 is 1.17 bits per heavy atom. The van der Waals surface area contributed by atoms with Crippen molar-refractivity contribution in [2.45, 2.75) is 30.8 Å². The summed E-state index contributed by atoms with van der Waals surface area (Å²) < 4.78 is 133. The molecule has 4 aromatic carbocycles. The summed E-state index contributed by atoms with van der Waals surface area (Å²) in [4.78, 5) is 9.43. The summed E-state index contributed by atoms with van der Waals surface area (Å²) in [5.41, 5.74) is -2.37. The Labute approximate surface area is 261 Å². The first-order chi connectivity index (χ1) is 21.9. The lowest BCUT2D eigenvalue weighted by molar-refractivity contribution is -0.189. The number of halogens is 9. The fraction of sp³-hybridized carbons (Fsp3) is 0.152. The zero-order valence-electron chi connectivity index (χ0n) is 23.7. The van der Waals surface area contributed by atoms with E-state index in [0.29, 0.717) is 17.7 Å². The number of hydrogen-bond donors (Lipinski definition) is 0. The zero-order valence-corrected chi connectivity index (χ0v) is 24.5. The molecule has 0 atom stereocenters. The molecule has 0 N–H and O–H groups in total. The molecular weight excluding hydrogens is 643 g/mol. The normalized spacial score (nSPS) is 11.6. The first kappa shape index (κ1) is 32.9. The van der Waals surface area contributed by atoms with Crippen molar-refractivity contribution < 1.29 is 44.3 Å². The molecule has 0 radical (unpaired) electrons. The van der Waals surface area contributed by atoms with Gasteiger partial charge in [-0.1, -0.05) is 37.6 Å². The van der Waals surface area contributed by atoms with E-state index in [1.54, 1.807) is 30.2 Å². The van der Waals surface area contributed by atoms with Crippen LogP contribution < -0.4 is 4.74 Å². The third-order valence-corrected chi connectivity index (χ3v) is 7.79. The number of unbranched alkanes of at least 4 members (excludes halogenated alkanes) is 1. The van der Waals surface area contributed by atoms with Crippen LogP contribution in [0.2, 0.25) is 0 Å². The SMILES string of the molecule is CCCCSc1cnc(-c2ccc(-c3ccc(-c4cc(F)c(C(F)(F)Oc5cc(F)c(F)c(F)c5)c(F)c4)c(F)c3)c(F)c2)nc1. The minimum Gasteiger partial charge on any atom is -0.429 e. The smallest absolute Gasteiger partial charge is 0.429 e. The van der Waals surface area contributed by atoms with Gasteiger partial charge in [0.05, 0.1) is 0 Å². The lowest BCUT2D eigenvalue weighted by Crippen LogP contribution is -2.25. The molecule has 0 aliphatic carbocycles. The Morgan fingerprint density at radius 1 is 0.652 bits per heavy atom. The largest absolute Gasteiger partial charge is 0.432 e. The van der Waals surface area contributed by atoms with Crippen LogP contribution in [0, 0.1) is 40.7 Å². The van der Waals surface area contributed by atoms with E-state index in [2.05, 4.69) is 21.6 Å². The van der Waals surface area contributed by atoms with Gasteiger partial charge >= 0.3 is 6.11 Å². The predicted molar refractivity (Wildman–Crippen MR) is 155 cm³/mol. The molecule has 0 saturated carbocycles. The summed E-state index contributed by atoms with van der Waals surface area (Å²) >= 11 is 1.61. The van der Waals surface area contributed by atoms with Crippen molar-refractivity contribution in [1.82, 2.24) is 9.97 Å². The molecule has 1 heterocycles. The fourth-order valence-corrected chi connectivity index (χ4v) is 5.40. The first-order valence-corrected chi connectivity index (χ1v) is 14.6. The molecule has 13 heteroatoms. The molecule has 3 nitrogen and oxygen atoms in total. The van der Waals surface area contributed by atoms with Crippen LogP contribution in [0.25, 0.3) is 33.6 Å². The quantitative estimate of drug-likeness (QED) is 0.0644. The van der Waals surface area contributed by atoms with Gasteiger partial charge in [0.25, 0.3) is 0 Å². The van der Waals surface area contributed by atoms with E-state index in [4.69, 9.17) is 0 Å². The number of nitrogens with zero attached hydrogens (tertiary/aromatic N) is 2. The lowest BCUT2D eigenvalue weighted by Gasteiger charge is -2.20. The topological polar surface area (TPSA) is 35.0 Å². The average Bonchev–Trinajstić information content (AvgIpc) is 2.99. The summed E-state index contributed by atoms with van der Waals surface area (Å²) in [6.07, 6.45) is 0.577. The summed E-state index contributed by atoms with van der Waals surface area (Å²) in [7, 11) is 0. The first-order valence-electron chi connectivity index (χ1n) is 13.6. The van der Waals surface area contributed by atoms with Gasteiger partial charge in [0, 0.05) is 46.1 Å². The van der Waals surface area contributed by atoms with Gasteiger partial charge in [0.1, 0.15) is 34.6 Å². The molecule has 1 aromatic heterocycles. The molecular formula is C33H21F9N2OS. The number of hydrogen-bond acceptors (Lipinski definition) is 4. The second kappa shape index (κ2) is 13.5. The van der Waals surface area contributed by atoms with Gasteiger partial charge in [-0.3, -0.25) is 0 Å². The molecule has 238 valence electrons. The lowest BCUT2D eigenvalue weighted by atomic mass is 9.97. The molecule has 0 spiro atoms. The maximum absolute atomic E-state index is 15.2. The molecule has 0 aliphatic rings. The van der Waals surface area contributed by atoms with Crippen LogP contribution in [0.3, 0.4) is 0 Å². The van der Waals surface area contributed by atoms with Crippen LogP contribution in [-0.2, 0) is 6.11 Å². The van der Waals surface area contributed by atoms with Crippen molar-refractivity contribution in [2.24, 2.45) is 0 Å². The van der Waals surface area contributed by atoms with E-state index in [9.17, 15) is 30.7 Å². The maximum Gasteiger partial charge on any atom is 0.432 e. The van der Waals surface area contributed by atoms with E-state index in [0.717, 1.165) is 35.6 Å². The van der Waals surface area contributed by atoms with Crippen molar-refractivity contribution in [2.75, 3.05) is 5.75 Å². The summed E-state index contributed by atoms with van der Waals surface area (Å²) in [5, 5.41) is 0. The van der Waals surface area contributed by atoms with Crippen molar-refractivity contribution in [1.29, 1.82) is 0 Å². The highest BCUT2D eigenvalue weighted by atomic mass is 32.2. The van der Waals surface area contributed by atoms with E-state index < -0.39 is 69.3 Å². The number of alkyl halides is 2. The third kappa shape index (κ3) is 6.99. The van der Waals surface area contributed by atoms with Crippen LogP contribution in [0.15, 0.2) is 78.0 Å². The van der Waals surface area contributed by atoms with Gasteiger partial charge in [-0.05, 0) is 47.6 Å². The van der Waals surface area contributed by atoms with Gasteiger partial charge in [-0.15, -0.1) is 11.8 Å². The molecule has 5 aromatic rings. The Hall–Kier alpha value is -4.52. The van der Waals surface area contributed by atoms with Crippen LogP contribution in [-0.4, -0.2) is 15.7 Å². The van der Waals surface area contributed by atoms with Crippen LogP contribution in [0.4, 0.5) is 39.5 Å². The Morgan fingerprint density at radius 3 is 1.74 bits per heavy atom. The molecule has 0 unspecified atom stereocenters. The molecule has 0 saturated heterocycles. The summed E-state index contributed by atoms with van der Waals surface area (Å²) in [6, 6.07) is 8.34. The number of benzene rings is 4. The van der Waals surface area contributed by atoms with Crippen molar-refractivity contribution in [3.63, 3.8) is 0 Å². The van der Waals surface area contributed by atoms with E-state index in [1.165, 1.54) is 18.2 Å². The number of aromatic nitrogens is 2. The third-order valence-electron chi connectivity index (χ3n) is 6.75. The highest BCUT2D eigenvalue weighted by Gasteiger charge is 2.41. The molecule has 5 rings (SSSR count). The molecule has 0 amide bonds. The van der Waals surface area contributed by atoms with Crippen molar-refractivity contribution >= 4 is 11.8 Å². The zero-order chi connectivity index (χ0) is 33.2. The minimum atomic E-state index is -4.81. The second-order valence-corrected chi connectivity index (χ2v) is 11.1.